The Labute approximate surface area is 149 Å². The number of fused-ring (bicyclic) bond motifs is 1. The molecule has 0 aliphatic heterocycles. The predicted molar refractivity (Wildman–Crippen MR) is 99.6 cm³/mol. The Morgan fingerprint density at radius 1 is 0.960 bits per heavy atom. The van der Waals surface area contributed by atoms with Crippen LogP contribution in [0.3, 0.4) is 0 Å². The maximum atomic E-state index is 12.1. The lowest BCUT2D eigenvalue weighted by atomic mass is 10.2. The van der Waals surface area contributed by atoms with Crippen molar-refractivity contribution < 1.29 is 9.59 Å². The first-order chi connectivity index (χ1) is 12.1. The van der Waals surface area contributed by atoms with Crippen molar-refractivity contribution in [2.45, 2.75) is 11.9 Å². The molecule has 0 aliphatic rings. The third kappa shape index (κ3) is 4.54. The molecule has 0 bridgehead atoms. The van der Waals surface area contributed by atoms with Crippen molar-refractivity contribution in [3.8, 4) is 0 Å². The molecular formula is C18H16N4O2S. The van der Waals surface area contributed by atoms with Crippen LogP contribution in [0.25, 0.3) is 10.9 Å². The zero-order chi connectivity index (χ0) is 17.6. The zero-order valence-corrected chi connectivity index (χ0v) is 14.3. The van der Waals surface area contributed by atoms with Crippen molar-refractivity contribution in [3.63, 3.8) is 0 Å². The Hall–Kier alpha value is -2.93. The number of amides is 2. The Bertz CT molecular complexity index is 907. The molecule has 0 saturated carbocycles. The van der Waals surface area contributed by atoms with Gasteiger partial charge < -0.3 is 10.6 Å². The fourth-order valence-corrected chi connectivity index (χ4v) is 3.06. The second kappa shape index (κ2) is 7.76. The number of nitrogens with one attached hydrogen (secondary N) is 2. The summed E-state index contributed by atoms with van der Waals surface area (Å²) in [5, 5.41) is 7.22. The smallest absolute Gasteiger partial charge is 0.234 e. The number of para-hydroxylation sites is 1. The van der Waals surface area contributed by atoms with E-state index < -0.39 is 0 Å². The van der Waals surface area contributed by atoms with E-state index >= 15 is 0 Å². The third-order valence-electron chi connectivity index (χ3n) is 3.34. The van der Waals surface area contributed by atoms with Crippen LogP contribution < -0.4 is 10.6 Å². The minimum Gasteiger partial charge on any atom is -0.326 e. The minimum atomic E-state index is -0.134. The van der Waals surface area contributed by atoms with Crippen LogP contribution in [0.4, 0.5) is 11.4 Å². The van der Waals surface area contributed by atoms with E-state index in [2.05, 4.69) is 20.6 Å². The molecule has 126 valence electrons. The van der Waals surface area contributed by atoms with Crippen LogP contribution >= 0.6 is 11.8 Å². The van der Waals surface area contributed by atoms with Gasteiger partial charge in [0.15, 0.2) is 0 Å². The number of hydrogen-bond donors (Lipinski definition) is 2. The van der Waals surface area contributed by atoms with Gasteiger partial charge in [-0.2, -0.15) is 0 Å². The fraction of sp³-hybridized carbons (Fsp3) is 0.111. The van der Waals surface area contributed by atoms with Gasteiger partial charge in [0.25, 0.3) is 0 Å². The van der Waals surface area contributed by atoms with Crippen molar-refractivity contribution in [3.05, 3.63) is 54.9 Å². The molecule has 1 heterocycles. The SMILES string of the molecule is CC(=O)Nc1ccc(NC(=O)CSc2ncnc3ccccc23)cc1. The summed E-state index contributed by atoms with van der Waals surface area (Å²) >= 11 is 1.37. The average Bonchev–Trinajstić information content (AvgIpc) is 2.61. The molecule has 0 fully saturated rings. The molecule has 2 amide bonds. The van der Waals surface area contributed by atoms with Crippen LogP contribution in [-0.2, 0) is 9.59 Å². The highest BCUT2D eigenvalue weighted by Crippen LogP contribution is 2.24. The van der Waals surface area contributed by atoms with Crippen LogP contribution in [0.15, 0.2) is 59.9 Å². The van der Waals surface area contributed by atoms with Gasteiger partial charge in [-0.15, -0.1) is 0 Å². The third-order valence-corrected chi connectivity index (χ3v) is 4.34. The summed E-state index contributed by atoms with van der Waals surface area (Å²) in [5.41, 5.74) is 2.22. The van der Waals surface area contributed by atoms with Crippen molar-refractivity contribution in [2.24, 2.45) is 0 Å². The second-order valence-electron chi connectivity index (χ2n) is 5.29. The maximum absolute atomic E-state index is 12.1. The number of nitrogens with zero attached hydrogens (tertiary/aromatic N) is 2. The van der Waals surface area contributed by atoms with E-state index in [9.17, 15) is 9.59 Å². The van der Waals surface area contributed by atoms with E-state index in [1.807, 2.05) is 24.3 Å². The number of aromatic nitrogens is 2. The van der Waals surface area contributed by atoms with E-state index in [1.165, 1.54) is 25.0 Å². The number of benzene rings is 2. The lowest BCUT2D eigenvalue weighted by Crippen LogP contribution is -2.14. The first-order valence-electron chi connectivity index (χ1n) is 7.62. The van der Waals surface area contributed by atoms with Gasteiger partial charge in [-0.3, -0.25) is 9.59 Å². The number of carbonyl (C=O) groups is 2. The lowest BCUT2D eigenvalue weighted by molar-refractivity contribution is -0.114. The Kier molecular flexibility index (Phi) is 5.25. The number of hydrogen-bond acceptors (Lipinski definition) is 5. The summed E-state index contributed by atoms with van der Waals surface area (Å²) in [4.78, 5) is 31.6. The van der Waals surface area contributed by atoms with Gasteiger partial charge in [-0.25, -0.2) is 9.97 Å². The summed E-state index contributed by atoms with van der Waals surface area (Å²) in [7, 11) is 0. The monoisotopic (exact) mass is 352 g/mol. The largest absolute Gasteiger partial charge is 0.326 e. The molecule has 2 N–H and O–H groups in total. The van der Waals surface area contributed by atoms with Gasteiger partial charge in [0.1, 0.15) is 11.4 Å². The molecule has 3 aromatic rings. The molecule has 0 radical (unpaired) electrons. The fourth-order valence-electron chi connectivity index (χ4n) is 2.27. The van der Waals surface area contributed by atoms with Crippen LogP contribution in [-0.4, -0.2) is 27.5 Å². The van der Waals surface area contributed by atoms with E-state index in [-0.39, 0.29) is 17.6 Å². The average molecular weight is 352 g/mol. The highest BCUT2D eigenvalue weighted by molar-refractivity contribution is 8.00. The van der Waals surface area contributed by atoms with Gasteiger partial charge >= 0.3 is 0 Å². The molecule has 1 aromatic heterocycles. The van der Waals surface area contributed by atoms with Crippen molar-refractivity contribution in [2.75, 3.05) is 16.4 Å². The predicted octanol–water partition coefficient (Wildman–Crippen LogP) is 3.32. The molecule has 0 spiro atoms. The number of rotatable bonds is 5. The van der Waals surface area contributed by atoms with Crippen LogP contribution in [0, 0.1) is 0 Å². The first kappa shape index (κ1) is 16.9. The van der Waals surface area contributed by atoms with Gasteiger partial charge in [0, 0.05) is 23.7 Å². The Balaban J connectivity index is 1.60. The van der Waals surface area contributed by atoms with Crippen LogP contribution in [0.1, 0.15) is 6.92 Å². The maximum Gasteiger partial charge on any atom is 0.234 e. The van der Waals surface area contributed by atoms with Gasteiger partial charge in [0.2, 0.25) is 11.8 Å². The summed E-state index contributed by atoms with van der Waals surface area (Å²) < 4.78 is 0. The molecule has 2 aromatic carbocycles. The van der Waals surface area contributed by atoms with E-state index in [0.29, 0.717) is 11.4 Å². The lowest BCUT2D eigenvalue weighted by Gasteiger charge is -2.07. The van der Waals surface area contributed by atoms with Crippen molar-refractivity contribution in [1.82, 2.24) is 9.97 Å². The summed E-state index contributed by atoms with van der Waals surface area (Å²) in [6.45, 7) is 1.45. The van der Waals surface area contributed by atoms with Gasteiger partial charge in [-0.1, -0.05) is 30.0 Å². The number of thioether (sulfide) groups is 1. The number of carbonyl (C=O) groups excluding carboxylic acids is 2. The molecular weight excluding hydrogens is 336 g/mol. The topological polar surface area (TPSA) is 84.0 Å². The molecule has 0 unspecified atom stereocenters. The minimum absolute atomic E-state index is 0.125. The normalized spacial score (nSPS) is 10.4. The van der Waals surface area contributed by atoms with Crippen molar-refractivity contribution in [1.29, 1.82) is 0 Å². The van der Waals surface area contributed by atoms with Crippen LogP contribution in [0.2, 0.25) is 0 Å². The van der Waals surface area contributed by atoms with E-state index in [0.717, 1.165) is 15.9 Å². The van der Waals surface area contributed by atoms with Gasteiger partial charge in [0.05, 0.1) is 11.3 Å². The highest BCUT2D eigenvalue weighted by Gasteiger charge is 2.08. The molecule has 0 aliphatic carbocycles. The van der Waals surface area contributed by atoms with E-state index in [1.54, 1.807) is 24.3 Å². The molecule has 6 nitrogen and oxygen atoms in total. The molecule has 3 rings (SSSR count). The Morgan fingerprint density at radius 2 is 1.64 bits per heavy atom. The second-order valence-corrected chi connectivity index (χ2v) is 6.26. The summed E-state index contributed by atoms with van der Waals surface area (Å²) in [5.74, 6) is -0.0145. The van der Waals surface area contributed by atoms with E-state index in [4.69, 9.17) is 0 Å². The quantitative estimate of drug-likeness (QED) is 0.544. The molecule has 0 saturated heterocycles. The Morgan fingerprint density at radius 3 is 2.36 bits per heavy atom. The summed E-state index contributed by atoms with van der Waals surface area (Å²) in [6, 6.07) is 14.7. The summed E-state index contributed by atoms with van der Waals surface area (Å²) in [6.07, 6.45) is 1.50. The van der Waals surface area contributed by atoms with Crippen LogP contribution in [0.5, 0.6) is 0 Å². The zero-order valence-electron chi connectivity index (χ0n) is 13.5. The first-order valence-corrected chi connectivity index (χ1v) is 8.60. The highest BCUT2D eigenvalue weighted by atomic mass is 32.2. The molecule has 25 heavy (non-hydrogen) atoms. The molecule has 7 heteroatoms. The van der Waals surface area contributed by atoms with Crippen molar-refractivity contribution >= 4 is 45.9 Å². The molecule has 0 atom stereocenters. The number of anilines is 2. The standard InChI is InChI=1S/C18H16N4O2S/c1-12(23)21-13-6-8-14(9-7-13)22-17(24)10-25-18-15-4-2-3-5-16(15)19-11-20-18/h2-9,11H,10H2,1H3,(H,21,23)(H,22,24). The van der Waals surface area contributed by atoms with Gasteiger partial charge in [-0.05, 0) is 30.3 Å².